The summed E-state index contributed by atoms with van der Waals surface area (Å²) in [5, 5.41) is 7.74. The first-order valence-electron chi connectivity index (χ1n) is 9.09. The highest BCUT2D eigenvalue weighted by Gasteiger charge is 2.17. The number of rotatable bonds is 6. The second kappa shape index (κ2) is 7.55. The van der Waals surface area contributed by atoms with E-state index in [0.717, 1.165) is 5.56 Å². The topological polar surface area (TPSA) is 137 Å². The molecule has 1 amide bonds. The second-order valence-electron chi connectivity index (χ2n) is 6.57. The van der Waals surface area contributed by atoms with Gasteiger partial charge in [0.15, 0.2) is 11.5 Å². The van der Waals surface area contributed by atoms with Gasteiger partial charge >= 0.3 is 0 Å². The molecule has 0 unspecified atom stereocenters. The minimum absolute atomic E-state index is 0.382. The van der Waals surface area contributed by atoms with Crippen molar-refractivity contribution >= 4 is 23.2 Å². The molecule has 3 heterocycles. The normalized spacial score (nSPS) is 10.9. The van der Waals surface area contributed by atoms with Gasteiger partial charge in [0.05, 0.1) is 5.69 Å². The summed E-state index contributed by atoms with van der Waals surface area (Å²) in [6, 6.07) is 12.7. The van der Waals surface area contributed by atoms with Crippen LogP contribution in [0.25, 0.3) is 17.0 Å². The third-order valence-corrected chi connectivity index (χ3v) is 4.41. The number of hydrogen-bond acceptors (Lipinski definition) is 7. The van der Waals surface area contributed by atoms with Crippen LogP contribution >= 0.6 is 0 Å². The molecule has 0 radical (unpaired) electrons. The molecule has 0 aliphatic rings. The number of nitrogens with one attached hydrogen (secondary N) is 1. The van der Waals surface area contributed by atoms with Gasteiger partial charge in [0.25, 0.3) is 0 Å². The van der Waals surface area contributed by atoms with E-state index < -0.39 is 5.91 Å². The van der Waals surface area contributed by atoms with Crippen molar-refractivity contribution in [3.05, 3.63) is 65.6 Å². The van der Waals surface area contributed by atoms with Crippen molar-refractivity contribution in [1.29, 1.82) is 0 Å². The van der Waals surface area contributed by atoms with Gasteiger partial charge in [-0.05, 0) is 43.2 Å². The zero-order valence-electron chi connectivity index (χ0n) is 15.8. The summed E-state index contributed by atoms with van der Waals surface area (Å²) in [6.07, 6.45) is 2.38. The number of nitrogens with zero attached hydrogens (tertiary/aromatic N) is 5. The average molecular weight is 388 g/mol. The fraction of sp³-hybridized carbons (Fsp3) is 0.150. The number of fused-ring (bicyclic) bond motifs is 1. The van der Waals surface area contributed by atoms with E-state index in [1.807, 2.05) is 24.3 Å². The molecule has 0 fully saturated rings. The van der Waals surface area contributed by atoms with E-state index >= 15 is 0 Å². The summed E-state index contributed by atoms with van der Waals surface area (Å²) in [5.74, 6) is 1.16. The van der Waals surface area contributed by atoms with Crippen LogP contribution in [0.5, 0.6) is 0 Å². The average Bonchev–Trinajstić information content (AvgIpc) is 3.05. The lowest BCUT2D eigenvalue weighted by Crippen LogP contribution is -2.12. The van der Waals surface area contributed by atoms with Gasteiger partial charge in [-0.2, -0.15) is 5.10 Å². The van der Waals surface area contributed by atoms with Gasteiger partial charge in [0.1, 0.15) is 17.3 Å². The third-order valence-electron chi connectivity index (χ3n) is 4.41. The van der Waals surface area contributed by atoms with Gasteiger partial charge in [-0.1, -0.05) is 12.1 Å². The summed E-state index contributed by atoms with van der Waals surface area (Å²) < 4.78 is 1.72. The number of nitrogens with two attached hydrogens (primary N) is 2. The molecule has 29 heavy (non-hydrogen) atoms. The highest BCUT2D eigenvalue weighted by atomic mass is 16.1. The molecule has 0 aliphatic heterocycles. The van der Waals surface area contributed by atoms with E-state index in [2.05, 4.69) is 25.4 Å². The molecule has 4 aromatic rings. The first-order valence-corrected chi connectivity index (χ1v) is 9.09. The van der Waals surface area contributed by atoms with Crippen molar-refractivity contribution in [3.63, 3.8) is 0 Å². The number of benzene rings is 1. The Kier molecular flexibility index (Phi) is 4.78. The Morgan fingerprint density at radius 1 is 1.14 bits per heavy atom. The smallest absolute Gasteiger partial charge is 0.248 e. The Bertz CT molecular complexity index is 1180. The molecule has 9 heteroatoms. The van der Waals surface area contributed by atoms with Gasteiger partial charge in [-0.15, -0.1) is 0 Å². The van der Waals surface area contributed by atoms with Crippen LogP contribution in [-0.4, -0.2) is 37.0 Å². The summed E-state index contributed by atoms with van der Waals surface area (Å²) in [4.78, 5) is 24.6. The van der Waals surface area contributed by atoms with Crippen molar-refractivity contribution in [2.45, 2.75) is 13.3 Å². The van der Waals surface area contributed by atoms with Crippen molar-refractivity contribution in [3.8, 4) is 11.4 Å². The highest BCUT2D eigenvalue weighted by Crippen LogP contribution is 2.28. The monoisotopic (exact) mass is 388 g/mol. The quantitative estimate of drug-likeness (QED) is 0.458. The van der Waals surface area contributed by atoms with E-state index in [-0.39, 0.29) is 0 Å². The lowest BCUT2D eigenvalue weighted by atomic mass is 10.1. The first-order chi connectivity index (χ1) is 14.0. The minimum atomic E-state index is -0.440. The third kappa shape index (κ3) is 3.84. The maximum Gasteiger partial charge on any atom is 0.248 e. The maximum atomic E-state index is 11.4. The van der Waals surface area contributed by atoms with Gasteiger partial charge < -0.3 is 16.8 Å². The zero-order chi connectivity index (χ0) is 20.4. The van der Waals surface area contributed by atoms with Crippen LogP contribution in [-0.2, 0) is 6.42 Å². The minimum Gasteiger partial charge on any atom is -0.384 e. The van der Waals surface area contributed by atoms with Crippen LogP contribution in [0.4, 0.5) is 11.6 Å². The number of primary amides is 1. The number of imidazole rings is 1. The number of amides is 1. The van der Waals surface area contributed by atoms with Gasteiger partial charge in [-0.3, -0.25) is 4.79 Å². The molecule has 0 aliphatic carbocycles. The molecule has 3 aromatic heterocycles. The fourth-order valence-corrected chi connectivity index (χ4v) is 3.16. The van der Waals surface area contributed by atoms with Gasteiger partial charge in [0.2, 0.25) is 5.91 Å². The van der Waals surface area contributed by atoms with Crippen LogP contribution in [0.3, 0.4) is 0 Å². The molecule has 4 rings (SSSR count). The van der Waals surface area contributed by atoms with Crippen LogP contribution in [0.2, 0.25) is 0 Å². The van der Waals surface area contributed by atoms with E-state index in [4.69, 9.17) is 11.5 Å². The Morgan fingerprint density at radius 3 is 2.79 bits per heavy atom. The Hall–Kier alpha value is -4.01. The SMILES string of the molecule is Cc1nc(N)cc(-c2c(NCCc3cccc(C(N)=O)c3)nc3cccnn23)n1. The molecular formula is C20H20N8O. The van der Waals surface area contributed by atoms with E-state index in [1.165, 1.54) is 0 Å². The maximum absolute atomic E-state index is 11.4. The number of aryl methyl sites for hydroxylation is 1. The fourth-order valence-electron chi connectivity index (χ4n) is 3.16. The number of aromatic nitrogens is 5. The lowest BCUT2D eigenvalue weighted by Gasteiger charge is -2.08. The molecule has 0 atom stereocenters. The summed E-state index contributed by atoms with van der Waals surface area (Å²) in [6.45, 7) is 2.38. The van der Waals surface area contributed by atoms with Crippen molar-refractivity contribution in [1.82, 2.24) is 24.6 Å². The van der Waals surface area contributed by atoms with Crippen molar-refractivity contribution in [2.75, 3.05) is 17.6 Å². The molecule has 0 bridgehead atoms. The second-order valence-corrected chi connectivity index (χ2v) is 6.57. The predicted octanol–water partition coefficient (Wildman–Crippen LogP) is 1.83. The molecule has 1 aromatic carbocycles. The summed E-state index contributed by atoms with van der Waals surface area (Å²) in [7, 11) is 0. The number of nitrogen functional groups attached to an aromatic ring is 1. The highest BCUT2D eigenvalue weighted by molar-refractivity contribution is 5.92. The van der Waals surface area contributed by atoms with Crippen molar-refractivity contribution in [2.24, 2.45) is 5.73 Å². The number of carbonyl (C=O) groups excluding carboxylic acids is 1. The summed E-state index contributed by atoms with van der Waals surface area (Å²) in [5.41, 5.74) is 14.8. The molecule has 5 N–H and O–H groups in total. The largest absolute Gasteiger partial charge is 0.384 e. The van der Waals surface area contributed by atoms with Crippen molar-refractivity contribution < 1.29 is 4.79 Å². The molecule has 146 valence electrons. The first kappa shape index (κ1) is 18.4. The summed E-state index contributed by atoms with van der Waals surface area (Å²) >= 11 is 0. The van der Waals surface area contributed by atoms with Crippen LogP contribution in [0, 0.1) is 6.92 Å². The molecule has 9 nitrogen and oxygen atoms in total. The van der Waals surface area contributed by atoms with Gasteiger partial charge in [0, 0.05) is 24.4 Å². The predicted molar refractivity (Wildman–Crippen MR) is 110 cm³/mol. The van der Waals surface area contributed by atoms with Crippen LogP contribution in [0.1, 0.15) is 21.7 Å². The number of carbonyl (C=O) groups is 1. The Balaban J connectivity index is 1.64. The Labute approximate surface area is 166 Å². The van der Waals surface area contributed by atoms with Crippen LogP contribution in [0.15, 0.2) is 48.7 Å². The van der Waals surface area contributed by atoms with Crippen LogP contribution < -0.4 is 16.8 Å². The van der Waals surface area contributed by atoms with Gasteiger partial charge in [-0.25, -0.2) is 19.5 Å². The van der Waals surface area contributed by atoms with E-state index in [0.29, 0.717) is 53.0 Å². The molecule has 0 saturated heterocycles. The standard InChI is InChI=1S/C20H20N8O/c1-12-25-15(11-16(21)26-12)18-20(27-17-6-3-8-24-28(17)18)23-9-7-13-4-2-5-14(10-13)19(22)29/h2-6,8,10-11,23H,7,9H2,1H3,(H2,22,29)(H2,21,25,26). The molecule has 0 spiro atoms. The number of hydrogen-bond donors (Lipinski definition) is 3. The number of anilines is 2. The van der Waals surface area contributed by atoms with E-state index in [9.17, 15) is 4.79 Å². The molecular weight excluding hydrogens is 368 g/mol. The Morgan fingerprint density at radius 2 is 2.00 bits per heavy atom. The lowest BCUT2D eigenvalue weighted by molar-refractivity contribution is 0.1000. The zero-order valence-corrected chi connectivity index (χ0v) is 15.8. The van der Waals surface area contributed by atoms with E-state index in [1.54, 1.807) is 35.8 Å². The molecule has 0 saturated carbocycles.